The molecule has 0 aliphatic carbocycles. The number of likely N-dealkylation sites (tertiary alicyclic amines) is 1. The van der Waals surface area contributed by atoms with Gasteiger partial charge in [0.2, 0.25) is 5.91 Å². The molecule has 1 aromatic heterocycles. The third kappa shape index (κ3) is 5.08. The number of hydrogen-bond donors (Lipinski definition) is 1. The van der Waals surface area contributed by atoms with Gasteiger partial charge in [-0.25, -0.2) is 14.4 Å². The van der Waals surface area contributed by atoms with E-state index in [2.05, 4.69) is 28.3 Å². The van der Waals surface area contributed by atoms with Crippen LogP contribution in [-0.2, 0) is 11.2 Å². The van der Waals surface area contributed by atoms with E-state index >= 15 is 0 Å². The highest BCUT2D eigenvalue weighted by Gasteiger charge is 2.32. The molecule has 0 spiro atoms. The number of hydrogen-bond acceptors (Lipinski definition) is 4. The highest BCUT2D eigenvalue weighted by Crippen LogP contribution is 2.31. The summed E-state index contributed by atoms with van der Waals surface area (Å²) in [5.74, 6) is -0.123. The lowest BCUT2D eigenvalue weighted by molar-refractivity contribution is -0.131. The fourth-order valence-corrected chi connectivity index (χ4v) is 4.12. The second-order valence-electron chi connectivity index (χ2n) is 8.53. The topological polar surface area (TPSA) is 75.2 Å². The second-order valence-corrected chi connectivity index (χ2v) is 8.53. The monoisotopic (exact) mass is 446 g/mol. The number of carbonyl (C=O) groups excluding carboxylic acids is 2. The van der Waals surface area contributed by atoms with Crippen LogP contribution in [0.25, 0.3) is 0 Å². The maximum atomic E-state index is 13.1. The molecule has 4 rings (SSSR count). The molecule has 1 aliphatic rings. The fraction of sp³-hybridized carbons (Fsp3) is 0.308. The number of nitrogens with one attached hydrogen (secondary N) is 1. The zero-order valence-electron chi connectivity index (χ0n) is 19.1. The molecule has 33 heavy (non-hydrogen) atoms. The van der Waals surface area contributed by atoms with Gasteiger partial charge in [0.25, 0.3) is 5.91 Å². The van der Waals surface area contributed by atoms with Crippen molar-refractivity contribution in [1.29, 1.82) is 0 Å². The molecule has 2 aromatic carbocycles. The SMILES string of the molecule is Cc1ccc(CC(=O)N2CCC[C@@H]2c2ncc(C(=O)Nc3ccc(F)cc3)c(C)n2)cc1C. The van der Waals surface area contributed by atoms with Crippen molar-refractivity contribution in [3.05, 3.63) is 88.3 Å². The van der Waals surface area contributed by atoms with Gasteiger partial charge in [-0.15, -0.1) is 0 Å². The molecule has 1 atom stereocenters. The van der Waals surface area contributed by atoms with Crippen molar-refractivity contribution >= 4 is 17.5 Å². The Morgan fingerprint density at radius 1 is 1.09 bits per heavy atom. The third-order valence-corrected chi connectivity index (χ3v) is 6.14. The van der Waals surface area contributed by atoms with Crippen LogP contribution in [0.1, 0.15) is 57.5 Å². The van der Waals surface area contributed by atoms with Crippen molar-refractivity contribution < 1.29 is 14.0 Å². The molecule has 0 bridgehead atoms. The standard InChI is InChI=1S/C26H27FN4O2/c1-16-6-7-19(13-17(16)2)14-24(32)31-12-4-5-23(31)25-28-15-22(18(3)29-25)26(33)30-21-10-8-20(27)9-11-21/h6-11,13,15,23H,4-5,12,14H2,1-3H3,(H,30,33)/t23-/m1/s1. The number of anilines is 1. The first-order chi connectivity index (χ1) is 15.8. The fourth-order valence-electron chi connectivity index (χ4n) is 4.12. The molecule has 1 aliphatic heterocycles. The minimum absolute atomic E-state index is 0.0557. The van der Waals surface area contributed by atoms with Crippen LogP contribution in [0.15, 0.2) is 48.7 Å². The first kappa shape index (κ1) is 22.6. The highest BCUT2D eigenvalue weighted by atomic mass is 19.1. The summed E-state index contributed by atoms with van der Waals surface area (Å²) in [6.07, 6.45) is 3.52. The van der Waals surface area contributed by atoms with E-state index < -0.39 is 0 Å². The number of benzene rings is 2. The Morgan fingerprint density at radius 3 is 2.55 bits per heavy atom. The number of aryl methyl sites for hydroxylation is 3. The van der Waals surface area contributed by atoms with Crippen molar-refractivity contribution in [3.63, 3.8) is 0 Å². The maximum absolute atomic E-state index is 13.1. The van der Waals surface area contributed by atoms with Crippen molar-refractivity contribution in [1.82, 2.24) is 14.9 Å². The highest BCUT2D eigenvalue weighted by molar-refractivity contribution is 6.04. The molecular formula is C26H27FN4O2. The number of halogens is 1. The Bertz CT molecular complexity index is 1190. The van der Waals surface area contributed by atoms with Gasteiger partial charge in [-0.2, -0.15) is 0 Å². The summed E-state index contributed by atoms with van der Waals surface area (Å²) < 4.78 is 13.1. The molecule has 6 nitrogen and oxygen atoms in total. The van der Waals surface area contributed by atoms with Gasteiger partial charge < -0.3 is 10.2 Å². The lowest BCUT2D eigenvalue weighted by Gasteiger charge is -2.24. The number of aromatic nitrogens is 2. The molecular weight excluding hydrogens is 419 g/mol. The smallest absolute Gasteiger partial charge is 0.259 e. The zero-order chi connectivity index (χ0) is 23.5. The minimum atomic E-state index is -0.370. The molecule has 7 heteroatoms. The molecule has 2 heterocycles. The summed E-state index contributed by atoms with van der Waals surface area (Å²) in [6, 6.07) is 11.5. The van der Waals surface area contributed by atoms with E-state index in [9.17, 15) is 14.0 Å². The van der Waals surface area contributed by atoms with Gasteiger partial charge in [-0.05, 0) is 74.6 Å². The number of carbonyl (C=O) groups is 2. The van der Waals surface area contributed by atoms with Gasteiger partial charge in [-0.1, -0.05) is 18.2 Å². The van der Waals surface area contributed by atoms with Crippen LogP contribution in [0.3, 0.4) is 0 Å². The van der Waals surface area contributed by atoms with Crippen molar-refractivity contribution in [2.75, 3.05) is 11.9 Å². The van der Waals surface area contributed by atoms with Crippen molar-refractivity contribution in [2.24, 2.45) is 0 Å². The van der Waals surface area contributed by atoms with E-state index in [1.54, 1.807) is 6.92 Å². The summed E-state index contributed by atoms with van der Waals surface area (Å²) in [4.78, 5) is 36.6. The predicted molar refractivity (Wildman–Crippen MR) is 124 cm³/mol. The lowest BCUT2D eigenvalue weighted by atomic mass is 10.0. The molecule has 1 saturated heterocycles. The Hall–Kier alpha value is -3.61. The third-order valence-electron chi connectivity index (χ3n) is 6.14. The van der Waals surface area contributed by atoms with E-state index in [0.29, 0.717) is 35.7 Å². The average Bonchev–Trinajstić information content (AvgIpc) is 3.28. The zero-order valence-corrected chi connectivity index (χ0v) is 19.1. The Kier molecular flexibility index (Phi) is 6.49. The summed E-state index contributed by atoms with van der Waals surface area (Å²) >= 11 is 0. The summed E-state index contributed by atoms with van der Waals surface area (Å²) in [7, 11) is 0. The molecule has 3 aromatic rings. The van der Waals surface area contributed by atoms with Crippen LogP contribution in [-0.4, -0.2) is 33.2 Å². The molecule has 0 saturated carbocycles. The summed E-state index contributed by atoms with van der Waals surface area (Å²) in [6.45, 7) is 6.53. The van der Waals surface area contributed by atoms with Crippen LogP contribution in [0.4, 0.5) is 10.1 Å². The molecule has 0 unspecified atom stereocenters. The number of rotatable bonds is 5. The lowest BCUT2D eigenvalue weighted by Crippen LogP contribution is -2.33. The van der Waals surface area contributed by atoms with Crippen LogP contribution < -0.4 is 5.32 Å². The van der Waals surface area contributed by atoms with Crippen molar-refractivity contribution in [2.45, 2.75) is 46.1 Å². The molecule has 1 fully saturated rings. The minimum Gasteiger partial charge on any atom is -0.332 e. The summed E-state index contributed by atoms with van der Waals surface area (Å²) in [5.41, 5.74) is 4.74. The van der Waals surface area contributed by atoms with E-state index in [-0.39, 0.29) is 23.7 Å². The number of amides is 2. The Balaban J connectivity index is 1.47. The first-order valence-electron chi connectivity index (χ1n) is 11.1. The Morgan fingerprint density at radius 2 is 1.85 bits per heavy atom. The quantitative estimate of drug-likeness (QED) is 0.617. The first-order valence-corrected chi connectivity index (χ1v) is 11.1. The van der Waals surface area contributed by atoms with Crippen molar-refractivity contribution in [3.8, 4) is 0 Å². The largest absolute Gasteiger partial charge is 0.332 e. The predicted octanol–water partition coefficient (Wildman–Crippen LogP) is 4.70. The Labute approximate surface area is 192 Å². The molecule has 0 radical (unpaired) electrons. The van der Waals surface area contributed by atoms with Crippen LogP contribution in [0.2, 0.25) is 0 Å². The maximum Gasteiger partial charge on any atom is 0.259 e. The number of nitrogens with zero attached hydrogens (tertiary/aromatic N) is 3. The van der Waals surface area contributed by atoms with E-state index in [1.807, 2.05) is 24.0 Å². The molecule has 2 amide bonds. The summed E-state index contributed by atoms with van der Waals surface area (Å²) in [5, 5.41) is 2.73. The van der Waals surface area contributed by atoms with E-state index in [1.165, 1.54) is 41.6 Å². The van der Waals surface area contributed by atoms with Gasteiger partial charge >= 0.3 is 0 Å². The van der Waals surface area contributed by atoms with Gasteiger partial charge in [0, 0.05) is 18.4 Å². The van der Waals surface area contributed by atoms with Gasteiger partial charge in [0.15, 0.2) is 5.82 Å². The van der Waals surface area contributed by atoms with Crippen LogP contribution in [0, 0.1) is 26.6 Å². The van der Waals surface area contributed by atoms with E-state index in [0.717, 1.165) is 18.4 Å². The normalized spacial score (nSPS) is 15.5. The van der Waals surface area contributed by atoms with E-state index in [4.69, 9.17) is 0 Å². The van der Waals surface area contributed by atoms with Gasteiger partial charge in [0.05, 0.1) is 23.7 Å². The van der Waals surface area contributed by atoms with Crippen LogP contribution >= 0.6 is 0 Å². The van der Waals surface area contributed by atoms with Gasteiger partial charge in [0.1, 0.15) is 5.82 Å². The van der Waals surface area contributed by atoms with Crippen LogP contribution in [0.5, 0.6) is 0 Å². The molecule has 170 valence electrons. The average molecular weight is 447 g/mol. The molecule has 1 N–H and O–H groups in total. The second kappa shape index (κ2) is 9.48. The van der Waals surface area contributed by atoms with Gasteiger partial charge in [-0.3, -0.25) is 9.59 Å².